The van der Waals surface area contributed by atoms with Crippen LogP contribution in [0.5, 0.6) is 0 Å². The third-order valence-electron chi connectivity index (χ3n) is 1.52. The lowest BCUT2D eigenvalue weighted by atomic mass is 10.3. The van der Waals surface area contributed by atoms with Gasteiger partial charge in [-0.05, 0) is 36.0 Å². The maximum atomic E-state index is 11.5. The quantitative estimate of drug-likeness (QED) is 0.807. The molecule has 0 fully saturated rings. The summed E-state index contributed by atoms with van der Waals surface area (Å²) in [5.41, 5.74) is 0.811. The van der Waals surface area contributed by atoms with Gasteiger partial charge in [0.05, 0.1) is 0 Å². The average Bonchev–Trinajstić information content (AvgIpc) is 2.21. The van der Waals surface area contributed by atoms with Gasteiger partial charge in [0.2, 0.25) is 0 Å². The minimum Gasteiger partial charge on any atom is -0.306 e. The molecule has 76 valence electrons. The van der Waals surface area contributed by atoms with E-state index in [1.807, 2.05) is 42.8 Å². The molecule has 1 rings (SSSR count). The van der Waals surface area contributed by atoms with Crippen LogP contribution in [0.2, 0.25) is 0 Å². The van der Waals surface area contributed by atoms with E-state index in [1.165, 1.54) is 23.9 Å². The number of anilines is 1. The molecular weight excluding hydrogens is 216 g/mol. The molecule has 14 heavy (non-hydrogen) atoms. The number of hydrogen-bond acceptors (Lipinski definition) is 3. The molecule has 2 amide bonds. The third kappa shape index (κ3) is 3.16. The summed E-state index contributed by atoms with van der Waals surface area (Å²) in [5, 5.41) is 2.79. The van der Waals surface area contributed by atoms with Gasteiger partial charge in [0.1, 0.15) is 0 Å². The van der Waals surface area contributed by atoms with E-state index in [1.54, 1.807) is 3.71 Å². The van der Waals surface area contributed by atoms with Crippen molar-refractivity contribution in [1.29, 1.82) is 0 Å². The maximum absolute atomic E-state index is 11.5. The second-order valence-corrected chi connectivity index (χ2v) is 4.11. The number of carbonyl (C=O) groups excluding carboxylic acids is 1. The molecule has 3 nitrogen and oxygen atoms in total. The zero-order valence-electron chi connectivity index (χ0n) is 8.06. The van der Waals surface area contributed by atoms with Crippen molar-refractivity contribution in [1.82, 2.24) is 3.71 Å². The van der Waals surface area contributed by atoms with Gasteiger partial charge in [0, 0.05) is 18.2 Å². The second kappa shape index (κ2) is 5.82. The van der Waals surface area contributed by atoms with Gasteiger partial charge in [-0.2, -0.15) is 0 Å². The third-order valence-corrected chi connectivity index (χ3v) is 3.41. The van der Waals surface area contributed by atoms with Crippen molar-refractivity contribution in [3.05, 3.63) is 30.3 Å². The number of nitrogens with zero attached hydrogens (tertiary/aromatic N) is 1. The summed E-state index contributed by atoms with van der Waals surface area (Å²) in [5.74, 6) is 0. The van der Waals surface area contributed by atoms with E-state index >= 15 is 0 Å². The molecule has 1 aromatic carbocycles. The predicted octanol–water partition coefficient (Wildman–Crippen LogP) is 3.08. The summed E-state index contributed by atoms with van der Waals surface area (Å²) in [4.78, 5) is 11.5. The van der Waals surface area contributed by atoms with E-state index in [4.69, 9.17) is 0 Å². The summed E-state index contributed by atoms with van der Waals surface area (Å²) in [6.07, 6.45) is 3.72. The van der Waals surface area contributed by atoms with Crippen molar-refractivity contribution < 1.29 is 4.79 Å². The number of carbonyl (C=O) groups is 1. The molecule has 0 heterocycles. The Morgan fingerprint density at radius 3 is 2.29 bits per heavy atom. The Morgan fingerprint density at radius 2 is 1.79 bits per heavy atom. The van der Waals surface area contributed by atoms with Crippen molar-refractivity contribution in [2.75, 3.05) is 17.8 Å². The summed E-state index contributed by atoms with van der Waals surface area (Å²) < 4.78 is 1.58. The Balaban J connectivity index is 2.57. The van der Waals surface area contributed by atoms with Gasteiger partial charge in [-0.1, -0.05) is 18.2 Å². The van der Waals surface area contributed by atoms with Gasteiger partial charge in [0.25, 0.3) is 0 Å². The fourth-order valence-corrected chi connectivity index (χ4v) is 1.95. The highest BCUT2D eigenvalue weighted by molar-refractivity contribution is 8.12. The monoisotopic (exact) mass is 228 g/mol. The number of para-hydroxylation sites is 1. The molecule has 5 heteroatoms. The molecule has 0 spiro atoms. The van der Waals surface area contributed by atoms with Crippen LogP contribution in [0.3, 0.4) is 0 Å². The molecule has 0 saturated carbocycles. The van der Waals surface area contributed by atoms with Crippen LogP contribution < -0.4 is 5.32 Å². The highest BCUT2D eigenvalue weighted by Crippen LogP contribution is 2.18. The van der Waals surface area contributed by atoms with Crippen LogP contribution in [-0.2, 0) is 0 Å². The number of benzene rings is 1. The van der Waals surface area contributed by atoms with E-state index in [-0.39, 0.29) is 6.03 Å². The first-order chi connectivity index (χ1) is 6.77. The van der Waals surface area contributed by atoms with Gasteiger partial charge in [-0.15, -0.1) is 0 Å². The second-order valence-electron chi connectivity index (χ2n) is 2.42. The fourth-order valence-electron chi connectivity index (χ4n) is 0.931. The number of amides is 2. The smallest absolute Gasteiger partial charge is 0.306 e. The normalized spacial score (nSPS) is 9.57. The summed E-state index contributed by atoms with van der Waals surface area (Å²) >= 11 is 2.76. The number of urea groups is 1. The zero-order valence-corrected chi connectivity index (χ0v) is 9.69. The van der Waals surface area contributed by atoms with Crippen molar-refractivity contribution in [2.45, 2.75) is 0 Å². The average molecular weight is 228 g/mol. The standard InChI is InChI=1S/C9H12N2OS2/c1-13-11(14-2)9(12)10-8-6-4-3-5-7-8/h3-7H,1-2H3,(H,10,12). The molecule has 0 atom stereocenters. The first-order valence-corrected chi connectivity index (χ1v) is 6.38. The fraction of sp³-hybridized carbons (Fsp3) is 0.222. The first-order valence-electron chi connectivity index (χ1n) is 4.02. The zero-order chi connectivity index (χ0) is 10.4. The van der Waals surface area contributed by atoms with Crippen molar-refractivity contribution >= 4 is 35.6 Å². The highest BCUT2D eigenvalue weighted by Gasteiger charge is 2.10. The molecule has 0 aliphatic rings. The topological polar surface area (TPSA) is 32.3 Å². The number of rotatable bonds is 3. The maximum Gasteiger partial charge on any atom is 0.342 e. The molecule has 0 unspecified atom stereocenters. The Morgan fingerprint density at radius 1 is 1.21 bits per heavy atom. The van der Waals surface area contributed by atoms with E-state index in [9.17, 15) is 4.79 Å². The Labute approximate surface area is 92.5 Å². The molecule has 1 N–H and O–H groups in total. The Bertz CT molecular complexity index is 288. The lowest BCUT2D eigenvalue weighted by molar-refractivity contribution is 0.250. The van der Waals surface area contributed by atoms with Crippen LogP contribution in [0.15, 0.2) is 30.3 Å². The van der Waals surface area contributed by atoms with Crippen molar-refractivity contribution in [2.24, 2.45) is 0 Å². The lowest BCUT2D eigenvalue weighted by Crippen LogP contribution is -2.22. The summed E-state index contributed by atoms with van der Waals surface area (Å²) in [7, 11) is 0. The van der Waals surface area contributed by atoms with Gasteiger partial charge < -0.3 is 5.32 Å². The van der Waals surface area contributed by atoms with Crippen LogP contribution in [0.1, 0.15) is 0 Å². The van der Waals surface area contributed by atoms with Crippen LogP contribution in [0.4, 0.5) is 10.5 Å². The van der Waals surface area contributed by atoms with Crippen LogP contribution in [0, 0.1) is 0 Å². The molecule has 0 radical (unpaired) electrons. The largest absolute Gasteiger partial charge is 0.342 e. The van der Waals surface area contributed by atoms with Crippen LogP contribution in [0.25, 0.3) is 0 Å². The summed E-state index contributed by atoms with van der Waals surface area (Å²) in [6.45, 7) is 0. The molecule has 0 saturated heterocycles. The molecule has 0 aliphatic carbocycles. The molecule has 0 aliphatic heterocycles. The van der Waals surface area contributed by atoms with E-state index < -0.39 is 0 Å². The number of hydrogen-bond donors (Lipinski definition) is 1. The lowest BCUT2D eigenvalue weighted by Gasteiger charge is -2.15. The minimum absolute atomic E-state index is 0.115. The number of nitrogens with one attached hydrogen (secondary N) is 1. The van der Waals surface area contributed by atoms with Gasteiger partial charge in [-0.25, -0.2) is 8.51 Å². The van der Waals surface area contributed by atoms with Crippen molar-refractivity contribution in [3.63, 3.8) is 0 Å². The molecular formula is C9H12N2OS2. The van der Waals surface area contributed by atoms with E-state index in [0.717, 1.165) is 5.69 Å². The first kappa shape index (κ1) is 11.3. The predicted molar refractivity (Wildman–Crippen MR) is 64.3 cm³/mol. The Kier molecular flexibility index (Phi) is 4.69. The van der Waals surface area contributed by atoms with Crippen LogP contribution >= 0.6 is 23.9 Å². The van der Waals surface area contributed by atoms with E-state index in [0.29, 0.717) is 0 Å². The SMILES string of the molecule is CSN(SC)C(=O)Nc1ccccc1. The van der Waals surface area contributed by atoms with Crippen LogP contribution in [-0.4, -0.2) is 22.3 Å². The minimum atomic E-state index is -0.115. The van der Waals surface area contributed by atoms with Gasteiger partial charge in [-0.3, -0.25) is 0 Å². The Hall–Kier alpha value is -0.810. The van der Waals surface area contributed by atoms with Gasteiger partial charge >= 0.3 is 6.03 Å². The molecule has 1 aromatic rings. The summed E-state index contributed by atoms with van der Waals surface area (Å²) in [6, 6.07) is 9.29. The van der Waals surface area contributed by atoms with Gasteiger partial charge in [0.15, 0.2) is 0 Å². The molecule has 0 aromatic heterocycles. The van der Waals surface area contributed by atoms with E-state index in [2.05, 4.69) is 5.32 Å². The van der Waals surface area contributed by atoms with Crippen molar-refractivity contribution in [3.8, 4) is 0 Å². The molecule has 0 bridgehead atoms. The highest BCUT2D eigenvalue weighted by atomic mass is 32.2.